The zero-order valence-corrected chi connectivity index (χ0v) is 11.6. The monoisotopic (exact) mass is 263 g/mol. The fourth-order valence-electron chi connectivity index (χ4n) is 2.74. The first-order valence-electron chi connectivity index (χ1n) is 7.26. The number of rotatable bonds is 6. The minimum Gasteiger partial charge on any atom is -0.293 e. The number of nitrogens with zero attached hydrogens (tertiary/aromatic N) is 1. The number of carbonyl (C=O) groups excluding carboxylic acids is 1. The van der Waals surface area contributed by atoms with Crippen LogP contribution in [-0.4, -0.2) is 29.8 Å². The zero-order chi connectivity index (χ0) is 13.7. The molecule has 2 rings (SSSR count). The Balaban J connectivity index is 2.11. The number of hydrogen-bond acceptors (Lipinski definition) is 2. The number of Topliss-reactive ketones (excluding diaryl/α,β-unsaturated/α-hetero) is 1. The summed E-state index contributed by atoms with van der Waals surface area (Å²) >= 11 is 0. The summed E-state index contributed by atoms with van der Waals surface area (Å²) in [5.74, 6) is -0.141. The number of ketones is 1. The predicted molar refractivity (Wildman–Crippen MR) is 74.9 cm³/mol. The summed E-state index contributed by atoms with van der Waals surface area (Å²) in [5.41, 5.74) is 0.634. The lowest BCUT2D eigenvalue weighted by molar-refractivity contribution is 0.0835. The maximum absolute atomic E-state index is 12.9. The van der Waals surface area contributed by atoms with Crippen LogP contribution in [0.15, 0.2) is 24.3 Å². The van der Waals surface area contributed by atoms with Gasteiger partial charge in [-0.15, -0.1) is 0 Å². The third-order valence-electron chi connectivity index (χ3n) is 3.84. The lowest BCUT2D eigenvalue weighted by Crippen LogP contribution is -2.39. The second-order valence-corrected chi connectivity index (χ2v) is 5.27. The summed E-state index contributed by atoms with van der Waals surface area (Å²) in [5, 5.41) is 0. The molecule has 1 atom stereocenters. The molecule has 1 fully saturated rings. The van der Waals surface area contributed by atoms with Crippen LogP contribution in [0.5, 0.6) is 0 Å². The van der Waals surface area contributed by atoms with Crippen molar-refractivity contribution in [1.29, 1.82) is 0 Å². The largest absolute Gasteiger partial charge is 0.293 e. The van der Waals surface area contributed by atoms with Gasteiger partial charge in [0.25, 0.3) is 0 Å². The molecular weight excluding hydrogens is 241 g/mol. The molecule has 1 aliphatic rings. The van der Waals surface area contributed by atoms with E-state index in [1.54, 1.807) is 12.1 Å². The number of likely N-dealkylation sites (tertiary alicyclic amines) is 1. The van der Waals surface area contributed by atoms with Crippen molar-refractivity contribution in [2.45, 2.75) is 45.1 Å². The minimum atomic E-state index is -0.289. The van der Waals surface area contributed by atoms with E-state index >= 15 is 0 Å². The Morgan fingerprint density at radius 1 is 1.26 bits per heavy atom. The Labute approximate surface area is 114 Å². The van der Waals surface area contributed by atoms with Gasteiger partial charge in [0.15, 0.2) is 5.78 Å². The lowest BCUT2D eigenvalue weighted by Gasteiger charge is -2.26. The van der Waals surface area contributed by atoms with Crippen LogP contribution >= 0.6 is 0 Å². The molecule has 0 spiro atoms. The van der Waals surface area contributed by atoms with Gasteiger partial charge in [0.05, 0.1) is 6.04 Å². The molecular formula is C16H22FNO. The van der Waals surface area contributed by atoms with E-state index in [-0.39, 0.29) is 17.6 Å². The highest BCUT2D eigenvalue weighted by molar-refractivity contribution is 6.00. The van der Waals surface area contributed by atoms with Gasteiger partial charge < -0.3 is 0 Å². The highest BCUT2D eigenvalue weighted by Crippen LogP contribution is 2.20. The molecule has 3 heteroatoms. The van der Waals surface area contributed by atoms with Crippen molar-refractivity contribution in [2.24, 2.45) is 0 Å². The standard InChI is InChI=1S/C16H22FNO/c1-2-3-6-15(18-11-4-5-12-18)16(19)13-7-9-14(17)10-8-13/h7-10,15H,2-6,11-12H2,1H3. The second kappa shape index (κ2) is 6.80. The summed E-state index contributed by atoms with van der Waals surface area (Å²) in [7, 11) is 0. The number of hydrogen-bond donors (Lipinski definition) is 0. The fraction of sp³-hybridized carbons (Fsp3) is 0.562. The maximum Gasteiger partial charge on any atom is 0.179 e. The predicted octanol–water partition coefficient (Wildman–Crippen LogP) is 3.66. The van der Waals surface area contributed by atoms with E-state index in [1.165, 1.54) is 25.0 Å². The van der Waals surface area contributed by atoms with Gasteiger partial charge in [0, 0.05) is 5.56 Å². The van der Waals surface area contributed by atoms with Crippen LogP contribution in [0.3, 0.4) is 0 Å². The van der Waals surface area contributed by atoms with Gasteiger partial charge in [-0.3, -0.25) is 9.69 Å². The summed E-state index contributed by atoms with van der Waals surface area (Å²) in [4.78, 5) is 14.9. The molecule has 0 aromatic heterocycles. The van der Waals surface area contributed by atoms with Crippen LogP contribution in [0, 0.1) is 5.82 Å². The average molecular weight is 263 g/mol. The van der Waals surface area contributed by atoms with E-state index in [9.17, 15) is 9.18 Å². The third-order valence-corrected chi connectivity index (χ3v) is 3.84. The molecule has 1 aromatic carbocycles. The van der Waals surface area contributed by atoms with E-state index in [2.05, 4.69) is 11.8 Å². The highest BCUT2D eigenvalue weighted by atomic mass is 19.1. The van der Waals surface area contributed by atoms with E-state index in [4.69, 9.17) is 0 Å². The molecule has 0 radical (unpaired) electrons. The number of halogens is 1. The third kappa shape index (κ3) is 3.63. The molecule has 0 amide bonds. The first-order chi connectivity index (χ1) is 9.22. The van der Waals surface area contributed by atoms with Crippen LogP contribution < -0.4 is 0 Å². The Hall–Kier alpha value is -1.22. The molecule has 1 unspecified atom stereocenters. The van der Waals surface area contributed by atoms with Crippen molar-refractivity contribution >= 4 is 5.78 Å². The smallest absolute Gasteiger partial charge is 0.179 e. The number of carbonyl (C=O) groups is 1. The molecule has 0 aliphatic carbocycles. The fourth-order valence-corrected chi connectivity index (χ4v) is 2.74. The highest BCUT2D eigenvalue weighted by Gasteiger charge is 2.28. The van der Waals surface area contributed by atoms with Crippen molar-refractivity contribution in [3.63, 3.8) is 0 Å². The van der Waals surface area contributed by atoms with E-state index in [0.29, 0.717) is 5.56 Å². The molecule has 0 N–H and O–H groups in total. The molecule has 19 heavy (non-hydrogen) atoms. The molecule has 1 saturated heterocycles. The van der Waals surface area contributed by atoms with E-state index < -0.39 is 0 Å². The summed E-state index contributed by atoms with van der Waals surface area (Å²) < 4.78 is 12.9. The van der Waals surface area contributed by atoms with Crippen LogP contribution in [0.2, 0.25) is 0 Å². The number of benzene rings is 1. The second-order valence-electron chi connectivity index (χ2n) is 5.27. The van der Waals surface area contributed by atoms with Gasteiger partial charge in [-0.1, -0.05) is 19.8 Å². The lowest BCUT2D eigenvalue weighted by atomic mass is 9.98. The molecule has 0 saturated carbocycles. The van der Waals surface area contributed by atoms with Crippen molar-refractivity contribution < 1.29 is 9.18 Å². The topological polar surface area (TPSA) is 20.3 Å². The van der Waals surface area contributed by atoms with Crippen molar-refractivity contribution in [3.8, 4) is 0 Å². The Kier molecular flexibility index (Phi) is 5.08. The van der Waals surface area contributed by atoms with Gasteiger partial charge in [-0.05, 0) is 56.6 Å². The van der Waals surface area contributed by atoms with Crippen molar-refractivity contribution in [2.75, 3.05) is 13.1 Å². The molecule has 2 nitrogen and oxygen atoms in total. The Morgan fingerprint density at radius 3 is 2.47 bits per heavy atom. The van der Waals surface area contributed by atoms with Crippen LogP contribution in [-0.2, 0) is 0 Å². The van der Waals surface area contributed by atoms with Gasteiger partial charge in [-0.25, -0.2) is 4.39 Å². The Morgan fingerprint density at radius 2 is 1.89 bits per heavy atom. The molecule has 1 heterocycles. The van der Waals surface area contributed by atoms with Crippen LogP contribution in [0.4, 0.5) is 4.39 Å². The SMILES string of the molecule is CCCCC(C(=O)c1ccc(F)cc1)N1CCCC1. The minimum absolute atomic E-state index is 0.0205. The summed E-state index contributed by atoms with van der Waals surface area (Å²) in [6.45, 7) is 4.17. The van der Waals surface area contributed by atoms with Crippen molar-refractivity contribution in [1.82, 2.24) is 4.90 Å². The molecule has 1 aliphatic heterocycles. The maximum atomic E-state index is 12.9. The zero-order valence-electron chi connectivity index (χ0n) is 11.6. The summed E-state index contributed by atoms with van der Waals surface area (Å²) in [6.07, 6.45) is 5.43. The molecule has 0 bridgehead atoms. The van der Waals surface area contributed by atoms with Gasteiger partial charge in [-0.2, -0.15) is 0 Å². The van der Waals surface area contributed by atoms with Gasteiger partial charge >= 0.3 is 0 Å². The van der Waals surface area contributed by atoms with Gasteiger partial charge in [0.1, 0.15) is 5.82 Å². The normalized spacial score (nSPS) is 17.6. The van der Waals surface area contributed by atoms with E-state index in [1.807, 2.05) is 0 Å². The first-order valence-corrected chi connectivity index (χ1v) is 7.26. The van der Waals surface area contributed by atoms with Crippen LogP contribution in [0.1, 0.15) is 49.4 Å². The quantitative estimate of drug-likeness (QED) is 0.730. The Bertz CT molecular complexity index is 409. The van der Waals surface area contributed by atoms with Gasteiger partial charge in [0.2, 0.25) is 0 Å². The molecule has 1 aromatic rings. The first kappa shape index (κ1) is 14.2. The molecule has 104 valence electrons. The summed E-state index contributed by atoms with van der Waals surface area (Å²) in [6, 6.07) is 5.93. The average Bonchev–Trinajstić information content (AvgIpc) is 2.94. The van der Waals surface area contributed by atoms with Crippen molar-refractivity contribution in [3.05, 3.63) is 35.6 Å². The van der Waals surface area contributed by atoms with Crippen LogP contribution in [0.25, 0.3) is 0 Å². The number of unbranched alkanes of at least 4 members (excludes halogenated alkanes) is 1. The van der Waals surface area contributed by atoms with E-state index in [0.717, 1.165) is 32.4 Å².